The van der Waals surface area contributed by atoms with Crippen LogP contribution in [-0.4, -0.2) is 27.2 Å². The Balaban J connectivity index is 2.75. The highest BCUT2D eigenvalue weighted by molar-refractivity contribution is 7.67. The average molecular weight is 237 g/mol. The van der Waals surface area contributed by atoms with Crippen molar-refractivity contribution in [3.63, 3.8) is 0 Å². The predicted octanol–water partition coefficient (Wildman–Crippen LogP) is 0.545. The maximum atomic E-state index is 11.9. The highest BCUT2D eigenvalue weighted by atomic mass is 32.1. The van der Waals surface area contributed by atoms with Gasteiger partial charge in [0.05, 0.1) is 22.2 Å². The molecule has 1 N–H and O–H groups in total. The van der Waals surface area contributed by atoms with Gasteiger partial charge in [0.25, 0.3) is 0 Å². The zero-order valence-corrected chi connectivity index (χ0v) is 8.06. The third-order valence-electron chi connectivity index (χ3n) is 1.62. The van der Waals surface area contributed by atoms with Crippen molar-refractivity contribution in [1.82, 2.24) is 5.32 Å². The van der Waals surface area contributed by atoms with Gasteiger partial charge in [-0.3, -0.25) is 4.79 Å². The Bertz CT molecular complexity index is 380. The molecule has 1 aliphatic carbocycles. The minimum absolute atomic E-state index is 0.0530. The fourth-order valence-electron chi connectivity index (χ4n) is 0.946. The molecule has 0 saturated heterocycles. The summed E-state index contributed by atoms with van der Waals surface area (Å²) in [6.07, 6.45) is 0.702. The number of carbonyl (C=O) groups is 1. The van der Waals surface area contributed by atoms with Crippen LogP contribution in [0.3, 0.4) is 0 Å². The molecule has 15 heavy (non-hydrogen) atoms. The molecule has 0 saturated carbocycles. The van der Waals surface area contributed by atoms with Gasteiger partial charge in [-0.25, -0.2) is 4.21 Å². The van der Waals surface area contributed by atoms with Crippen LogP contribution in [0, 0.1) is 0 Å². The smallest absolute Gasteiger partial charge is 0.337 e. The first kappa shape index (κ1) is 11.7. The average Bonchev–Trinajstić information content (AvgIpc) is 2.17. The highest BCUT2D eigenvalue weighted by Gasteiger charge is 2.39. The van der Waals surface area contributed by atoms with Crippen molar-refractivity contribution in [2.24, 2.45) is 0 Å². The molecule has 7 heteroatoms. The van der Waals surface area contributed by atoms with E-state index in [-0.39, 0.29) is 16.1 Å². The van der Waals surface area contributed by atoms with Gasteiger partial charge in [-0.05, 0) is 6.08 Å². The Morgan fingerprint density at radius 1 is 1.40 bits per heavy atom. The van der Waals surface area contributed by atoms with Crippen molar-refractivity contribution in [3.8, 4) is 0 Å². The predicted molar refractivity (Wildman–Crippen MR) is 49.4 cm³/mol. The minimum atomic E-state index is -4.94. The highest BCUT2D eigenvalue weighted by Crippen LogP contribution is 2.15. The summed E-state index contributed by atoms with van der Waals surface area (Å²) in [5, 5.41) is 1.70. The lowest BCUT2D eigenvalue weighted by Crippen LogP contribution is -2.45. The molecule has 3 nitrogen and oxygen atoms in total. The first-order valence-corrected chi connectivity index (χ1v) is 4.58. The topological polar surface area (TPSA) is 46.2 Å². The summed E-state index contributed by atoms with van der Waals surface area (Å²) in [7, 11) is 0. The lowest BCUT2D eigenvalue weighted by molar-refractivity contribution is -0.173. The number of allylic oxidation sites excluding steroid dienone is 2. The van der Waals surface area contributed by atoms with Gasteiger partial charge in [0.15, 0.2) is 0 Å². The lowest BCUT2D eigenvalue weighted by Gasteiger charge is -2.16. The van der Waals surface area contributed by atoms with Crippen LogP contribution < -0.4 is 5.32 Å². The molecule has 1 unspecified atom stereocenters. The quantitative estimate of drug-likeness (QED) is 0.677. The molecule has 1 aliphatic rings. The number of hydrogen-bond acceptors (Lipinski definition) is 2. The molecule has 82 valence electrons. The normalized spacial score (nSPS) is 20.2. The standard InChI is InChI=1S/C8H6F3NO2S/c9-8(10,11)7(13)12-5-3-1-2-4-6(5)15-14/h1-5H,(H,12,13). The zero-order valence-electron chi connectivity index (χ0n) is 7.25. The summed E-state index contributed by atoms with van der Waals surface area (Å²) in [6, 6.07) is -0.994. The number of rotatable bonds is 1. The van der Waals surface area contributed by atoms with E-state index in [1.165, 1.54) is 24.3 Å². The zero-order chi connectivity index (χ0) is 11.5. The molecule has 1 amide bonds. The molecule has 1 rings (SSSR count). The number of halogens is 3. The third kappa shape index (κ3) is 3.05. The Hall–Kier alpha value is -1.37. The molecule has 0 bridgehead atoms. The van der Waals surface area contributed by atoms with Crippen LogP contribution >= 0.6 is 0 Å². The molecule has 0 aromatic rings. The van der Waals surface area contributed by atoms with Crippen LogP contribution in [0.2, 0.25) is 0 Å². The Kier molecular flexibility index (Phi) is 3.46. The second-order valence-corrected chi connectivity index (χ2v) is 3.32. The van der Waals surface area contributed by atoms with Crippen molar-refractivity contribution in [2.75, 3.05) is 0 Å². The van der Waals surface area contributed by atoms with E-state index >= 15 is 0 Å². The lowest BCUT2D eigenvalue weighted by atomic mass is 10.1. The van der Waals surface area contributed by atoms with Gasteiger partial charge in [0.1, 0.15) is 0 Å². The van der Waals surface area contributed by atoms with E-state index in [2.05, 4.69) is 0 Å². The fourth-order valence-corrected chi connectivity index (χ4v) is 1.32. The van der Waals surface area contributed by atoms with E-state index in [1.807, 2.05) is 0 Å². The number of amides is 1. The Labute approximate surface area is 86.7 Å². The van der Waals surface area contributed by atoms with E-state index in [0.717, 1.165) is 0 Å². The van der Waals surface area contributed by atoms with Gasteiger partial charge in [0, 0.05) is 0 Å². The molecular weight excluding hydrogens is 231 g/mol. The first-order valence-electron chi connectivity index (χ1n) is 3.84. The summed E-state index contributed by atoms with van der Waals surface area (Å²) in [5.74, 6) is -2.06. The van der Waals surface area contributed by atoms with E-state index in [9.17, 15) is 22.2 Å². The number of carbonyl (C=O) groups excluding carboxylic acids is 1. The SMILES string of the molecule is O=S=C1C=CC=CC1NC(=O)C(F)(F)F. The summed E-state index contributed by atoms with van der Waals surface area (Å²) in [5.41, 5.74) is 0. The van der Waals surface area contributed by atoms with Crippen LogP contribution in [0.25, 0.3) is 0 Å². The first-order chi connectivity index (χ1) is 6.95. The molecule has 0 aromatic carbocycles. The van der Waals surface area contributed by atoms with Gasteiger partial charge < -0.3 is 5.32 Å². The summed E-state index contributed by atoms with van der Waals surface area (Å²) < 4.78 is 46.1. The maximum absolute atomic E-state index is 11.9. The number of nitrogens with one attached hydrogen (secondary N) is 1. The maximum Gasteiger partial charge on any atom is 0.471 e. The minimum Gasteiger partial charge on any atom is -0.337 e. The summed E-state index contributed by atoms with van der Waals surface area (Å²) in [4.78, 5) is 10.7. The van der Waals surface area contributed by atoms with Gasteiger partial charge in [-0.15, -0.1) is 0 Å². The van der Waals surface area contributed by atoms with Crippen molar-refractivity contribution in [1.29, 1.82) is 0 Å². The van der Waals surface area contributed by atoms with Crippen molar-refractivity contribution in [3.05, 3.63) is 24.3 Å². The second kappa shape index (κ2) is 4.43. The van der Waals surface area contributed by atoms with Crippen LogP contribution in [-0.2, 0) is 16.1 Å². The van der Waals surface area contributed by atoms with Crippen molar-refractivity contribution in [2.45, 2.75) is 12.2 Å². The largest absolute Gasteiger partial charge is 0.471 e. The van der Waals surface area contributed by atoms with Crippen LogP contribution in [0.5, 0.6) is 0 Å². The molecule has 0 aromatic heterocycles. The monoisotopic (exact) mass is 237 g/mol. The van der Waals surface area contributed by atoms with Crippen LogP contribution in [0.4, 0.5) is 13.2 Å². The molecule has 0 spiro atoms. The van der Waals surface area contributed by atoms with Crippen molar-refractivity contribution < 1.29 is 22.2 Å². The molecule has 0 fully saturated rings. The van der Waals surface area contributed by atoms with E-state index in [4.69, 9.17) is 0 Å². The molecule has 0 heterocycles. The van der Waals surface area contributed by atoms with Gasteiger partial charge in [-0.1, -0.05) is 18.2 Å². The second-order valence-electron chi connectivity index (χ2n) is 2.68. The Morgan fingerprint density at radius 2 is 2.07 bits per heavy atom. The van der Waals surface area contributed by atoms with Crippen LogP contribution in [0.15, 0.2) is 24.3 Å². The molecule has 0 aliphatic heterocycles. The van der Waals surface area contributed by atoms with E-state index < -0.39 is 18.1 Å². The number of alkyl halides is 3. The molecule has 0 radical (unpaired) electrons. The van der Waals surface area contributed by atoms with Gasteiger partial charge in [0.2, 0.25) is 0 Å². The fraction of sp³-hybridized carbons (Fsp3) is 0.250. The summed E-state index contributed by atoms with van der Waals surface area (Å²) >= 11 is 0.0530. The van der Waals surface area contributed by atoms with E-state index in [0.29, 0.717) is 0 Å². The van der Waals surface area contributed by atoms with Crippen LogP contribution in [0.1, 0.15) is 0 Å². The molecular formula is C8H6F3NO2S. The summed E-state index contributed by atoms with van der Waals surface area (Å²) in [6.45, 7) is 0. The van der Waals surface area contributed by atoms with E-state index in [1.54, 1.807) is 5.32 Å². The molecule has 1 atom stereocenters. The van der Waals surface area contributed by atoms with Gasteiger partial charge >= 0.3 is 12.1 Å². The van der Waals surface area contributed by atoms with Crippen molar-refractivity contribution >= 4 is 22.0 Å². The third-order valence-corrected chi connectivity index (χ3v) is 2.20. The van der Waals surface area contributed by atoms with Gasteiger partial charge in [-0.2, -0.15) is 13.2 Å². The Morgan fingerprint density at radius 3 is 2.60 bits per heavy atom. The number of hydrogen-bond donors (Lipinski definition) is 1.